The summed E-state index contributed by atoms with van der Waals surface area (Å²) in [5.74, 6) is 0. The predicted molar refractivity (Wildman–Crippen MR) is 65.2 cm³/mol. The molecule has 90 valence electrons. The molecule has 0 radical (unpaired) electrons. The molecule has 0 saturated carbocycles. The van der Waals surface area contributed by atoms with Crippen LogP contribution in [0.2, 0.25) is 0 Å². The third-order valence-electron chi connectivity index (χ3n) is 3.43. The average Bonchev–Trinajstić information content (AvgIpc) is 2.51. The van der Waals surface area contributed by atoms with Crippen LogP contribution < -0.4 is 0 Å². The Morgan fingerprint density at radius 1 is 1.20 bits per heavy atom. The summed E-state index contributed by atoms with van der Waals surface area (Å²) < 4.78 is 6.13. The van der Waals surface area contributed by atoms with Crippen molar-refractivity contribution in [1.82, 2.24) is 4.90 Å². The minimum atomic E-state index is 0.0402. The quantitative estimate of drug-likeness (QED) is 0.714. The largest absolute Gasteiger partial charge is 0.371 e. The Morgan fingerprint density at radius 2 is 1.80 bits per heavy atom. The van der Waals surface area contributed by atoms with Crippen molar-refractivity contribution < 1.29 is 4.74 Å². The Labute approximate surface area is 95.0 Å². The Bertz CT molecular complexity index is 205. The van der Waals surface area contributed by atoms with Gasteiger partial charge in [0.15, 0.2) is 0 Å². The van der Waals surface area contributed by atoms with E-state index in [1.54, 1.807) is 0 Å². The molecule has 1 atom stereocenters. The smallest absolute Gasteiger partial charge is 0.0721 e. The molecule has 1 fully saturated rings. The first-order valence-electron chi connectivity index (χ1n) is 6.17. The first-order valence-corrected chi connectivity index (χ1v) is 6.17. The lowest BCUT2D eigenvalue weighted by molar-refractivity contribution is -0.0703. The van der Waals surface area contributed by atoms with Gasteiger partial charge in [-0.3, -0.25) is 4.90 Å². The van der Waals surface area contributed by atoms with Crippen LogP contribution in [0.5, 0.6) is 0 Å². The van der Waals surface area contributed by atoms with E-state index in [0.29, 0.717) is 6.10 Å². The zero-order valence-electron chi connectivity index (χ0n) is 11.3. The molecule has 15 heavy (non-hydrogen) atoms. The standard InChI is InChI=1S/C13H27NO/c1-7-13(5,6)15-11-8-9-14(10-11)12(2,3)4/h11H,7-10H2,1-6H3. The minimum Gasteiger partial charge on any atom is -0.371 e. The predicted octanol–water partition coefficient (Wildman–Crippen LogP) is 3.06. The summed E-state index contributed by atoms with van der Waals surface area (Å²) in [7, 11) is 0. The molecule has 0 bridgehead atoms. The van der Waals surface area contributed by atoms with E-state index in [4.69, 9.17) is 4.74 Å². The van der Waals surface area contributed by atoms with Crippen LogP contribution in [0.4, 0.5) is 0 Å². The SMILES string of the molecule is CCC(C)(C)OC1CCN(C(C)(C)C)C1. The van der Waals surface area contributed by atoms with Crippen LogP contribution in [0.15, 0.2) is 0 Å². The molecule has 1 aliphatic rings. The highest BCUT2D eigenvalue weighted by atomic mass is 16.5. The molecular weight excluding hydrogens is 186 g/mol. The monoisotopic (exact) mass is 213 g/mol. The van der Waals surface area contributed by atoms with E-state index >= 15 is 0 Å². The van der Waals surface area contributed by atoms with Crippen molar-refractivity contribution in [2.45, 2.75) is 71.6 Å². The molecule has 1 unspecified atom stereocenters. The molecule has 0 aromatic heterocycles. The lowest BCUT2D eigenvalue weighted by atomic mass is 10.1. The molecule has 1 rings (SSSR count). The molecule has 1 heterocycles. The van der Waals surface area contributed by atoms with Crippen molar-refractivity contribution in [3.63, 3.8) is 0 Å². The van der Waals surface area contributed by atoms with Gasteiger partial charge in [0.2, 0.25) is 0 Å². The summed E-state index contributed by atoms with van der Waals surface area (Å²) >= 11 is 0. The summed E-state index contributed by atoms with van der Waals surface area (Å²) in [6, 6.07) is 0. The molecule has 0 amide bonds. The van der Waals surface area contributed by atoms with Gasteiger partial charge in [0, 0.05) is 18.6 Å². The average molecular weight is 213 g/mol. The molecule has 0 aliphatic carbocycles. The highest BCUT2D eigenvalue weighted by Gasteiger charge is 2.33. The fraction of sp³-hybridized carbons (Fsp3) is 1.00. The molecule has 1 saturated heterocycles. The van der Waals surface area contributed by atoms with Gasteiger partial charge < -0.3 is 4.74 Å². The molecule has 0 N–H and O–H groups in total. The number of rotatable bonds is 3. The van der Waals surface area contributed by atoms with Crippen LogP contribution in [0.1, 0.15) is 54.4 Å². The maximum Gasteiger partial charge on any atom is 0.0721 e. The lowest BCUT2D eigenvalue weighted by Crippen LogP contribution is -2.41. The third kappa shape index (κ3) is 3.76. The number of likely N-dealkylation sites (tertiary alicyclic amines) is 1. The second kappa shape index (κ2) is 4.42. The number of nitrogens with zero attached hydrogens (tertiary/aromatic N) is 1. The molecule has 0 aromatic rings. The fourth-order valence-electron chi connectivity index (χ4n) is 1.97. The third-order valence-corrected chi connectivity index (χ3v) is 3.43. The summed E-state index contributed by atoms with van der Waals surface area (Å²) in [5.41, 5.74) is 0.326. The Kier molecular flexibility index (Phi) is 3.83. The molecule has 1 aliphatic heterocycles. The van der Waals surface area contributed by atoms with Crippen LogP contribution in [0, 0.1) is 0 Å². The maximum atomic E-state index is 6.13. The molecular formula is C13H27NO. The van der Waals surface area contributed by atoms with Crippen molar-refractivity contribution in [2.75, 3.05) is 13.1 Å². The lowest BCUT2D eigenvalue weighted by Gasteiger charge is -2.33. The van der Waals surface area contributed by atoms with E-state index < -0.39 is 0 Å². The summed E-state index contributed by atoms with van der Waals surface area (Å²) in [6.45, 7) is 15.7. The van der Waals surface area contributed by atoms with E-state index in [2.05, 4.69) is 46.4 Å². The van der Waals surface area contributed by atoms with E-state index in [1.807, 2.05) is 0 Å². The van der Waals surface area contributed by atoms with Crippen molar-refractivity contribution in [3.8, 4) is 0 Å². The van der Waals surface area contributed by atoms with Crippen LogP contribution >= 0.6 is 0 Å². The fourth-order valence-corrected chi connectivity index (χ4v) is 1.97. The minimum absolute atomic E-state index is 0.0402. The zero-order valence-corrected chi connectivity index (χ0v) is 11.3. The van der Waals surface area contributed by atoms with Gasteiger partial charge in [-0.1, -0.05) is 6.92 Å². The van der Waals surface area contributed by atoms with E-state index in [9.17, 15) is 0 Å². The van der Waals surface area contributed by atoms with Crippen LogP contribution in [0.3, 0.4) is 0 Å². The van der Waals surface area contributed by atoms with Gasteiger partial charge in [-0.2, -0.15) is 0 Å². The van der Waals surface area contributed by atoms with Gasteiger partial charge in [-0.05, 0) is 47.5 Å². The molecule has 0 spiro atoms. The van der Waals surface area contributed by atoms with Gasteiger partial charge in [-0.25, -0.2) is 0 Å². The molecule has 0 aromatic carbocycles. The normalized spacial score (nSPS) is 24.8. The van der Waals surface area contributed by atoms with Crippen molar-refractivity contribution >= 4 is 0 Å². The second-order valence-electron chi connectivity index (χ2n) is 6.26. The van der Waals surface area contributed by atoms with E-state index in [1.165, 1.54) is 13.0 Å². The topological polar surface area (TPSA) is 12.5 Å². The maximum absolute atomic E-state index is 6.13. The van der Waals surface area contributed by atoms with Gasteiger partial charge in [0.05, 0.1) is 11.7 Å². The van der Waals surface area contributed by atoms with Gasteiger partial charge >= 0.3 is 0 Å². The molecule has 2 heteroatoms. The number of hydrogen-bond donors (Lipinski definition) is 0. The van der Waals surface area contributed by atoms with Crippen molar-refractivity contribution in [1.29, 1.82) is 0 Å². The number of hydrogen-bond acceptors (Lipinski definition) is 2. The molecule has 2 nitrogen and oxygen atoms in total. The van der Waals surface area contributed by atoms with Crippen molar-refractivity contribution in [3.05, 3.63) is 0 Å². The van der Waals surface area contributed by atoms with Crippen LogP contribution in [-0.4, -0.2) is 35.2 Å². The van der Waals surface area contributed by atoms with Crippen LogP contribution in [-0.2, 0) is 4.74 Å². The van der Waals surface area contributed by atoms with Crippen molar-refractivity contribution in [2.24, 2.45) is 0 Å². The summed E-state index contributed by atoms with van der Waals surface area (Å²) in [6.07, 6.45) is 2.69. The first kappa shape index (κ1) is 13.0. The highest BCUT2D eigenvalue weighted by Crippen LogP contribution is 2.26. The highest BCUT2D eigenvalue weighted by molar-refractivity contribution is 4.86. The second-order valence-corrected chi connectivity index (χ2v) is 6.26. The Balaban J connectivity index is 2.44. The van der Waals surface area contributed by atoms with Gasteiger partial charge in [-0.15, -0.1) is 0 Å². The van der Waals surface area contributed by atoms with E-state index in [-0.39, 0.29) is 11.1 Å². The Morgan fingerprint density at radius 3 is 2.20 bits per heavy atom. The zero-order chi connectivity index (χ0) is 11.7. The first-order chi connectivity index (χ1) is 6.74. The summed E-state index contributed by atoms with van der Waals surface area (Å²) in [5, 5.41) is 0. The van der Waals surface area contributed by atoms with Gasteiger partial charge in [0.25, 0.3) is 0 Å². The Hall–Kier alpha value is -0.0800. The summed E-state index contributed by atoms with van der Waals surface area (Å²) in [4.78, 5) is 2.52. The van der Waals surface area contributed by atoms with Gasteiger partial charge in [0.1, 0.15) is 0 Å². The van der Waals surface area contributed by atoms with E-state index in [0.717, 1.165) is 13.0 Å². The number of ether oxygens (including phenoxy) is 1. The van der Waals surface area contributed by atoms with Crippen LogP contribution in [0.25, 0.3) is 0 Å².